The Labute approximate surface area is 170 Å². The second-order valence-electron chi connectivity index (χ2n) is 7.21. The lowest BCUT2D eigenvalue weighted by Gasteiger charge is -2.16. The molecule has 0 saturated carbocycles. The van der Waals surface area contributed by atoms with Gasteiger partial charge in [0.25, 0.3) is 5.56 Å². The number of methoxy groups -OCH3 is 1. The summed E-state index contributed by atoms with van der Waals surface area (Å²) in [7, 11) is 1.69. The van der Waals surface area contributed by atoms with Gasteiger partial charge in [-0.15, -0.1) is 11.3 Å². The first kappa shape index (κ1) is 20.9. The third-order valence-corrected chi connectivity index (χ3v) is 6.43. The SMILES string of the molecule is CCc1nc2c(sc3nc(C)cc(COC)c32)c(=O)n1CCC[NH+](CC)CC. The number of aryl methyl sites for hydroxylation is 2. The van der Waals surface area contributed by atoms with Gasteiger partial charge in [-0.3, -0.25) is 9.36 Å². The van der Waals surface area contributed by atoms with Crippen molar-refractivity contribution in [2.45, 2.75) is 53.7 Å². The first-order valence-corrected chi connectivity index (χ1v) is 11.0. The van der Waals surface area contributed by atoms with Gasteiger partial charge in [0, 0.05) is 37.6 Å². The normalized spacial score (nSPS) is 11.9. The molecule has 6 nitrogen and oxygen atoms in total. The van der Waals surface area contributed by atoms with Gasteiger partial charge in [0.05, 0.1) is 31.8 Å². The molecule has 3 aromatic rings. The number of quaternary nitrogens is 1. The van der Waals surface area contributed by atoms with Gasteiger partial charge >= 0.3 is 0 Å². The van der Waals surface area contributed by atoms with Crippen molar-refractivity contribution >= 4 is 31.8 Å². The van der Waals surface area contributed by atoms with Crippen LogP contribution in [0.5, 0.6) is 0 Å². The van der Waals surface area contributed by atoms with Crippen LogP contribution >= 0.6 is 11.3 Å². The predicted molar refractivity (Wildman–Crippen MR) is 116 cm³/mol. The molecule has 0 aliphatic carbocycles. The van der Waals surface area contributed by atoms with Crippen LogP contribution in [0.3, 0.4) is 0 Å². The van der Waals surface area contributed by atoms with Gasteiger partial charge in [0.15, 0.2) is 0 Å². The summed E-state index contributed by atoms with van der Waals surface area (Å²) in [5, 5.41) is 0.971. The Morgan fingerprint density at radius 1 is 1.21 bits per heavy atom. The fraction of sp³-hybridized carbons (Fsp3) is 0.571. The number of hydrogen-bond donors (Lipinski definition) is 1. The molecule has 0 unspecified atom stereocenters. The summed E-state index contributed by atoms with van der Waals surface area (Å²) < 4.78 is 7.96. The molecule has 0 aliphatic rings. The Balaban J connectivity index is 2.10. The van der Waals surface area contributed by atoms with E-state index in [4.69, 9.17) is 9.72 Å². The maximum atomic E-state index is 13.3. The zero-order chi connectivity index (χ0) is 20.3. The van der Waals surface area contributed by atoms with Gasteiger partial charge in [0.1, 0.15) is 15.4 Å². The van der Waals surface area contributed by atoms with E-state index in [9.17, 15) is 4.79 Å². The third-order valence-electron chi connectivity index (χ3n) is 5.37. The zero-order valence-corrected chi connectivity index (χ0v) is 18.4. The van der Waals surface area contributed by atoms with Gasteiger partial charge < -0.3 is 9.64 Å². The highest BCUT2D eigenvalue weighted by molar-refractivity contribution is 7.25. The summed E-state index contributed by atoms with van der Waals surface area (Å²) >= 11 is 1.46. The monoisotopic (exact) mass is 403 g/mol. The molecule has 0 bridgehead atoms. The van der Waals surface area contributed by atoms with Crippen LogP contribution in [-0.2, 0) is 24.3 Å². The molecule has 7 heteroatoms. The Hall–Kier alpha value is -1.83. The van der Waals surface area contributed by atoms with Crippen molar-refractivity contribution in [3.8, 4) is 0 Å². The van der Waals surface area contributed by atoms with E-state index >= 15 is 0 Å². The van der Waals surface area contributed by atoms with Crippen LogP contribution in [0, 0.1) is 6.92 Å². The Kier molecular flexibility index (Phi) is 6.80. The number of nitrogens with one attached hydrogen (secondary N) is 1. The molecular weight excluding hydrogens is 372 g/mol. The summed E-state index contributed by atoms with van der Waals surface area (Å²) in [4.78, 5) is 25.3. The van der Waals surface area contributed by atoms with Gasteiger partial charge in [-0.05, 0) is 32.4 Å². The summed E-state index contributed by atoms with van der Waals surface area (Å²) in [6.45, 7) is 13.0. The van der Waals surface area contributed by atoms with E-state index in [1.54, 1.807) is 12.0 Å². The van der Waals surface area contributed by atoms with Crippen LogP contribution in [0.2, 0.25) is 0 Å². The standard InChI is InChI=1S/C21H30N4O2S/c1-6-16-23-18-17-15(13-27-5)12-14(4)22-20(17)28-19(18)21(26)25(16)11-9-10-24(7-2)8-3/h12H,6-11,13H2,1-5H3/p+1. The highest BCUT2D eigenvalue weighted by atomic mass is 32.1. The fourth-order valence-electron chi connectivity index (χ4n) is 3.84. The summed E-state index contributed by atoms with van der Waals surface area (Å²) in [6.07, 6.45) is 1.72. The third kappa shape index (κ3) is 3.97. The lowest BCUT2D eigenvalue weighted by atomic mass is 10.1. The zero-order valence-electron chi connectivity index (χ0n) is 17.6. The fourth-order valence-corrected chi connectivity index (χ4v) is 4.99. The van der Waals surface area contributed by atoms with E-state index in [1.807, 2.05) is 17.6 Å². The van der Waals surface area contributed by atoms with Gasteiger partial charge in [-0.2, -0.15) is 0 Å². The maximum absolute atomic E-state index is 13.3. The van der Waals surface area contributed by atoms with E-state index in [0.717, 1.165) is 71.8 Å². The predicted octanol–water partition coefficient (Wildman–Crippen LogP) is 2.34. The lowest BCUT2D eigenvalue weighted by molar-refractivity contribution is -0.896. The molecular formula is C21H31N4O2S+. The molecule has 0 fully saturated rings. The van der Waals surface area contributed by atoms with Crippen molar-refractivity contribution in [3.05, 3.63) is 33.5 Å². The minimum atomic E-state index is 0.0698. The largest absolute Gasteiger partial charge is 0.380 e. The van der Waals surface area contributed by atoms with Crippen molar-refractivity contribution < 1.29 is 9.64 Å². The van der Waals surface area contributed by atoms with Crippen LogP contribution in [0.4, 0.5) is 0 Å². The van der Waals surface area contributed by atoms with Crippen molar-refractivity contribution in [3.63, 3.8) is 0 Å². The molecule has 0 radical (unpaired) electrons. The number of nitrogens with zero attached hydrogens (tertiary/aromatic N) is 3. The minimum Gasteiger partial charge on any atom is -0.380 e. The number of pyridine rings is 1. The first-order chi connectivity index (χ1) is 13.5. The molecule has 28 heavy (non-hydrogen) atoms. The van der Waals surface area contributed by atoms with Crippen molar-refractivity contribution in [2.24, 2.45) is 0 Å². The highest BCUT2D eigenvalue weighted by Gasteiger charge is 2.19. The van der Waals surface area contributed by atoms with Crippen LogP contribution in [0.25, 0.3) is 20.4 Å². The molecule has 0 spiro atoms. The second-order valence-corrected chi connectivity index (χ2v) is 8.21. The van der Waals surface area contributed by atoms with Crippen molar-refractivity contribution in [1.29, 1.82) is 0 Å². The topological polar surface area (TPSA) is 61.5 Å². The summed E-state index contributed by atoms with van der Waals surface area (Å²) in [6, 6.07) is 2.03. The average Bonchev–Trinajstić information content (AvgIpc) is 3.05. The van der Waals surface area contributed by atoms with Gasteiger partial charge in [-0.1, -0.05) is 6.92 Å². The number of ether oxygens (including phenoxy) is 1. The highest BCUT2D eigenvalue weighted by Crippen LogP contribution is 2.33. The molecule has 0 amide bonds. The molecule has 1 N–H and O–H groups in total. The summed E-state index contributed by atoms with van der Waals surface area (Å²) in [5.74, 6) is 0.857. The van der Waals surface area contributed by atoms with Crippen molar-refractivity contribution in [2.75, 3.05) is 26.7 Å². The molecule has 0 aromatic carbocycles. The van der Waals surface area contributed by atoms with E-state index in [1.165, 1.54) is 11.3 Å². The number of thiophene rings is 1. The van der Waals surface area contributed by atoms with Crippen LogP contribution in [-0.4, -0.2) is 41.3 Å². The average molecular weight is 404 g/mol. The molecule has 0 saturated heterocycles. The number of rotatable bonds is 9. The molecule has 3 rings (SSSR count). The second kappa shape index (κ2) is 9.11. The number of fused-ring (bicyclic) bond motifs is 3. The van der Waals surface area contributed by atoms with Gasteiger partial charge in [0.2, 0.25) is 0 Å². The Bertz CT molecular complexity index is 1020. The molecule has 0 atom stereocenters. The maximum Gasteiger partial charge on any atom is 0.271 e. The molecule has 3 heterocycles. The number of hydrogen-bond acceptors (Lipinski definition) is 5. The van der Waals surface area contributed by atoms with Crippen LogP contribution in [0.15, 0.2) is 10.9 Å². The van der Waals surface area contributed by atoms with Crippen LogP contribution in [0.1, 0.15) is 44.3 Å². The quantitative estimate of drug-likeness (QED) is 0.596. The van der Waals surface area contributed by atoms with Crippen molar-refractivity contribution in [1.82, 2.24) is 14.5 Å². The minimum absolute atomic E-state index is 0.0698. The lowest BCUT2D eigenvalue weighted by Crippen LogP contribution is -3.11. The first-order valence-electron chi connectivity index (χ1n) is 10.2. The van der Waals surface area contributed by atoms with Gasteiger partial charge in [-0.25, -0.2) is 9.97 Å². The molecule has 152 valence electrons. The van der Waals surface area contributed by atoms with E-state index in [0.29, 0.717) is 11.3 Å². The summed E-state index contributed by atoms with van der Waals surface area (Å²) in [5.41, 5.74) is 2.84. The molecule has 3 aromatic heterocycles. The smallest absolute Gasteiger partial charge is 0.271 e. The number of aromatic nitrogens is 3. The van der Waals surface area contributed by atoms with E-state index in [-0.39, 0.29) is 5.56 Å². The Morgan fingerprint density at radius 2 is 1.96 bits per heavy atom. The van der Waals surface area contributed by atoms with E-state index < -0.39 is 0 Å². The Morgan fingerprint density at radius 3 is 2.61 bits per heavy atom. The molecule has 0 aliphatic heterocycles. The van der Waals surface area contributed by atoms with Crippen LogP contribution < -0.4 is 10.5 Å². The van der Waals surface area contributed by atoms with E-state index in [2.05, 4.69) is 25.8 Å².